The van der Waals surface area contributed by atoms with Gasteiger partial charge in [0.2, 0.25) is 0 Å². The highest BCUT2D eigenvalue weighted by Gasteiger charge is 2.20. The van der Waals surface area contributed by atoms with Crippen molar-refractivity contribution < 1.29 is 8.60 Å². The average Bonchev–Trinajstić information content (AvgIpc) is 2.09. The Kier molecular flexibility index (Phi) is 3.50. The molecule has 2 nitrogen and oxygen atoms in total. The van der Waals surface area contributed by atoms with Crippen molar-refractivity contribution in [3.05, 3.63) is 29.6 Å². The zero-order valence-electron chi connectivity index (χ0n) is 9.21. The number of nitrogens with two attached hydrogens (primary N) is 1. The second-order valence-corrected chi connectivity index (χ2v) is 6.65. The van der Waals surface area contributed by atoms with E-state index in [1.165, 1.54) is 18.2 Å². The lowest BCUT2D eigenvalue weighted by molar-refractivity contribution is 0.626. The number of rotatable bonds is 2. The summed E-state index contributed by atoms with van der Waals surface area (Å²) in [5, 5.41) is 0. The number of nitrogen functional groups attached to an aromatic ring is 1. The van der Waals surface area contributed by atoms with Gasteiger partial charge >= 0.3 is 0 Å². The molecule has 84 valence electrons. The Balaban J connectivity index is 2.90. The monoisotopic (exact) mass is 229 g/mol. The van der Waals surface area contributed by atoms with Gasteiger partial charge in [0.15, 0.2) is 0 Å². The Labute approximate surface area is 92.1 Å². The van der Waals surface area contributed by atoms with Crippen molar-refractivity contribution in [3.8, 4) is 0 Å². The molecule has 0 saturated heterocycles. The Morgan fingerprint density at radius 1 is 1.40 bits per heavy atom. The van der Waals surface area contributed by atoms with Gasteiger partial charge in [0, 0.05) is 21.2 Å². The fraction of sp³-hybridized carbons (Fsp3) is 0.455. The summed E-state index contributed by atoms with van der Waals surface area (Å²) in [4.78, 5) is 0. The number of anilines is 1. The van der Waals surface area contributed by atoms with Crippen LogP contribution in [-0.4, -0.2) is 8.96 Å². The lowest BCUT2D eigenvalue weighted by Gasteiger charge is -2.18. The first-order valence-electron chi connectivity index (χ1n) is 4.73. The van der Waals surface area contributed by atoms with Crippen LogP contribution in [0.1, 0.15) is 26.3 Å². The van der Waals surface area contributed by atoms with Crippen molar-refractivity contribution in [3.63, 3.8) is 0 Å². The van der Waals surface area contributed by atoms with Gasteiger partial charge in [-0.15, -0.1) is 0 Å². The normalized spacial score (nSPS) is 13.9. The molecule has 1 rings (SSSR count). The van der Waals surface area contributed by atoms with E-state index >= 15 is 0 Å². The molecule has 0 spiro atoms. The maximum Gasteiger partial charge on any atom is 0.123 e. The van der Waals surface area contributed by atoms with Crippen molar-refractivity contribution >= 4 is 16.5 Å². The van der Waals surface area contributed by atoms with Gasteiger partial charge in [-0.25, -0.2) is 4.39 Å². The molecule has 0 aliphatic heterocycles. The molecule has 15 heavy (non-hydrogen) atoms. The highest BCUT2D eigenvalue weighted by atomic mass is 32.2. The van der Waals surface area contributed by atoms with E-state index < -0.39 is 10.8 Å². The fourth-order valence-corrected chi connectivity index (χ4v) is 2.02. The van der Waals surface area contributed by atoms with E-state index in [2.05, 4.69) is 0 Å². The van der Waals surface area contributed by atoms with Crippen molar-refractivity contribution in [1.29, 1.82) is 0 Å². The minimum Gasteiger partial charge on any atom is -0.398 e. The van der Waals surface area contributed by atoms with Crippen LogP contribution in [0.3, 0.4) is 0 Å². The second kappa shape index (κ2) is 4.31. The zero-order chi connectivity index (χ0) is 11.6. The lowest BCUT2D eigenvalue weighted by atomic mass is 10.2. The van der Waals surface area contributed by atoms with Gasteiger partial charge in [0.05, 0.1) is 5.75 Å². The maximum atomic E-state index is 12.9. The van der Waals surface area contributed by atoms with Crippen LogP contribution in [0.2, 0.25) is 0 Å². The molecule has 0 radical (unpaired) electrons. The van der Waals surface area contributed by atoms with Gasteiger partial charge in [-0.1, -0.05) is 0 Å². The molecule has 0 bridgehead atoms. The topological polar surface area (TPSA) is 43.1 Å². The number of hydrogen-bond acceptors (Lipinski definition) is 2. The summed E-state index contributed by atoms with van der Waals surface area (Å²) >= 11 is 0. The molecule has 0 amide bonds. The van der Waals surface area contributed by atoms with Crippen LogP contribution in [0.15, 0.2) is 18.2 Å². The largest absolute Gasteiger partial charge is 0.398 e. The highest BCUT2D eigenvalue weighted by molar-refractivity contribution is 7.85. The van der Waals surface area contributed by atoms with Crippen molar-refractivity contribution in [2.75, 3.05) is 5.73 Å². The molecular weight excluding hydrogens is 213 g/mol. The van der Waals surface area contributed by atoms with Crippen LogP contribution in [0.5, 0.6) is 0 Å². The van der Waals surface area contributed by atoms with Crippen LogP contribution in [-0.2, 0) is 16.6 Å². The second-order valence-electron chi connectivity index (χ2n) is 4.45. The van der Waals surface area contributed by atoms with E-state index in [1.807, 2.05) is 20.8 Å². The molecule has 1 atom stereocenters. The molecule has 0 aliphatic rings. The Bertz CT molecular complexity index is 385. The molecule has 0 aliphatic carbocycles. The van der Waals surface area contributed by atoms with Crippen LogP contribution in [0, 0.1) is 5.82 Å². The van der Waals surface area contributed by atoms with Gasteiger partial charge < -0.3 is 5.73 Å². The van der Waals surface area contributed by atoms with E-state index in [-0.39, 0.29) is 10.6 Å². The molecule has 0 fully saturated rings. The van der Waals surface area contributed by atoms with Crippen LogP contribution < -0.4 is 5.73 Å². The number of halogens is 1. The Morgan fingerprint density at radius 2 is 2.00 bits per heavy atom. The maximum absolute atomic E-state index is 12.9. The molecule has 1 aromatic rings. The van der Waals surface area contributed by atoms with Crippen LogP contribution in [0.4, 0.5) is 10.1 Å². The summed E-state index contributed by atoms with van der Waals surface area (Å²) in [5.74, 6) is -0.0438. The van der Waals surface area contributed by atoms with Crippen LogP contribution in [0.25, 0.3) is 0 Å². The third-order valence-electron chi connectivity index (χ3n) is 2.07. The quantitative estimate of drug-likeness (QED) is 0.792. The molecule has 1 aromatic carbocycles. The predicted octanol–water partition coefficient (Wildman–Crippen LogP) is 2.46. The van der Waals surface area contributed by atoms with Crippen molar-refractivity contribution in [2.24, 2.45) is 0 Å². The van der Waals surface area contributed by atoms with Crippen LogP contribution >= 0.6 is 0 Å². The first kappa shape index (κ1) is 12.2. The molecule has 2 N–H and O–H groups in total. The minimum absolute atomic E-state index is 0.299. The van der Waals surface area contributed by atoms with E-state index in [4.69, 9.17) is 5.73 Å². The molecule has 4 heteroatoms. The van der Waals surface area contributed by atoms with E-state index in [0.717, 1.165) is 0 Å². The SMILES string of the molecule is CC(C)(C)S(=O)Cc1cc(F)ccc1N. The van der Waals surface area contributed by atoms with E-state index in [0.29, 0.717) is 17.0 Å². The first-order chi connectivity index (χ1) is 6.80. The fourth-order valence-electron chi connectivity index (χ4n) is 1.06. The van der Waals surface area contributed by atoms with E-state index in [9.17, 15) is 8.60 Å². The predicted molar refractivity (Wildman–Crippen MR) is 62.4 cm³/mol. The Hall–Kier alpha value is -0.900. The summed E-state index contributed by atoms with van der Waals surface area (Å²) in [6.45, 7) is 5.66. The third kappa shape index (κ3) is 3.30. The summed E-state index contributed by atoms with van der Waals surface area (Å²) in [6.07, 6.45) is 0. The summed E-state index contributed by atoms with van der Waals surface area (Å²) in [7, 11) is -1.05. The smallest absolute Gasteiger partial charge is 0.123 e. The van der Waals surface area contributed by atoms with Gasteiger partial charge in [0.25, 0.3) is 0 Å². The highest BCUT2D eigenvalue weighted by Crippen LogP contribution is 2.20. The minimum atomic E-state index is -1.05. The van der Waals surface area contributed by atoms with E-state index in [1.54, 1.807) is 0 Å². The van der Waals surface area contributed by atoms with Gasteiger partial charge in [0.1, 0.15) is 5.82 Å². The standard InChI is InChI=1S/C11H16FNOS/c1-11(2,3)15(14)7-8-6-9(12)4-5-10(8)13/h4-6H,7,13H2,1-3H3. The average molecular weight is 229 g/mol. The lowest BCUT2D eigenvalue weighted by Crippen LogP contribution is -2.23. The summed E-state index contributed by atoms with van der Waals surface area (Å²) in [5.41, 5.74) is 6.79. The third-order valence-corrected chi connectivity index (χ3v) is 4.01. The first-order valence-corrected chi connectivity index (χ1v) is 6.05. The van der Waals surface area contributed by atoms with Gasteiger partial charge in [-0.3, -0.25) is 4.21 Å². The van der Waals surface area contributed by atoms with Crippen molar-refractivity contribution in [2.45, 2.75) is 31.3 Å². The number of hydrogen-bond donors (Lipinski definition) is 1. The van der Waals surface area contributed by atoms with Gasteiger partial charge in [-0.05, 0) is 44.5 Å². The summed E-state index contributed by atoms with van der Waals surface area (Å²) in [6, 6.07) is 4.16. The zero-order valence-corrected chi connectivity index (χ0v) is 10.0. The molecule has 0 heterocycles. The number of benzene rings is 1. The molecule has 1 unspecified atom stereocenters. The van der Waals surface area contributed by atoms with Crippen molar-refractivity contribution in [1.82, 2.24) is 0 Å². The van der Waals surface area contributed by atoms with Gasteiger partial charge in [-0.2, -0.15) is 0 Å². The summed E-state index contributed by atoms with van der Waals surface area (Å²) < 4.78 is 24.5. The molecule has 0 aromatic heterocycles. The molecular formula is C11H16FNOS. The Morgan fingerprint density at radius 3 is 2.53 bits per heavy atom. The molecule has 0 saturated carbocycles.